The molecule has 2 heterocycles. The van der Waals surface area contributed by atoms with E-state index in [1.807, 2.05) is 62.2 Å². The predicted octanol–water partition coefficient (Wildman–Crippen LogP) is 4.08. The summed E-state index contributed by atoms with van der Waals surface area (Å²) in [5.74, 6) is 0.0120. The largest absolute Gasteiger partial charge is 0.342 e. The van der Waals surface area contributed by atoms with Crippen molar-refractivity contribution in [2.45, 2.75) is 33.7 Å². The summed E-state index contributed by atoms with van der Waals surface area (Å²) < 4.78 is 1.90. The molecule has 0 N–H and O–H groups in total. The number of aromatic nitrogens is 3. The van der Waals surface area contributed by atoms with Crippen LogP contribution in [0.2, 0.25) is 0 Å². The second-order valence-electron chi connectivity index (χ2n) is 6.65. The highest BCUT2D eigenvalue weighted by Gasteiger charge is 2.18. The summed E-state index contributed by atoms with van der Waals surface area (Å²) in [7, 11) is 1.82. The standard InChI is InChI=1S/C20H24N4O/c1-6-23(5)20(25)17-10-18(15-11-21-24(12-15)13(2)3)22-19-14(4)8-7-9-16(17)19/h7-13H,6H2,1-5H3. The smallest absolute Gasteiger partial charge is 0.254 e. The Kier molecular flexibility index (Phi) is 4.57. The van der Waals surface area contributed by atoms with E-state index in [2.05, 4.69) is 18.9 Å². The average Bonchev–Trinajstić information content (AvgIpc) is 3.10. The van der Waals surface area contributed by atoms with Crippen molar-refractivity contribution in [1.29, 1.82) is 0 Å². The van der Waals surface area contributed by atoms with Crippen molar-refractivity contribution in [1.82, 2.24) is 19.7 Å². The van der Waals surface area contributed by atoms with Crippen LogP contribution in [-0.4, -0.2) is 39.2 Å². The van der Waals surface area contributed by atoms with Crippen LogP contribution >= 0.6 is 0 Å². The van der Waals surface area contributed by atoms with Crippen molar-refractivity contribution in [3.8, 4) is 11.3 Å². The number of para-hydroxylation sites is 1. The van der Waals surface area contributed by atoms with Crippen molar-refractivity contribution in [2.24, 2.45) is 0 Å². The summed E-state index contributed by atoms with van der Waals surface area (Å²) in [6, 6.07) is 8.13. The topological polar surface area (TPSA) is 51.0 Å². The molecule has 2 aromatic heterocycles. The van der Waals surface area contributed by atoms with Gasteiger partial charge in [-0.05, 0) is 39.3 Å². The summed E-state index contributed by atoms with van der Waals surface area (Å²) in [5.41, 5.74) is 4.31. The maximum Gasteiger partial charge on any atom is 0.254 e. The first-order chi connectivity index (χ1) is 11.9. The molecule has 0 aliphatic heterocycles. The Labute approximate surface area is 148 Å². The van der Waals surface area contributed by atoms with Gasteiger partial charge in [-0.25, -0.2) is 4.98 Å². The highest BCUT2D eigenvalue weighted by Crippen LogP contribution is 2.27. The number of amides is 1. The van der Waals surface area contributed by atoms with Crippen molar-refractivity contribution in [2.75, 3.05) is 13.6 Å². The number of rotatable bonds is 4. The van der Waals surface area contributed by atoms with Gasteiger partial charge in [-0.3, -0.25) is 9.48 Å². The van der Waals surface area contributed by atoms with Crippen LogP contribution in [-0.2, 0) is 0 Å². The summed E-state index contributed by atoms with van der Waals surface area (Å²) >= 11 is 0. The minimum absolute atomic E-state index is 0.0120. The molecule has 0 atom stereocenters. The van der Waals surface area contributed by atoms with E-state index in [0.29, 0.717) is 12.1 Å². The minimum Gasteiger partial charge on any atom is -0.342 e. The number of aryl methyl sites for hydroxylation is 1. The maximum absolute atomic E-state index is 12.9. The Hall–Kier alpha value is -2.69. The van der Waals surface area contributed by atoms with Gasteiger partial charge in [0.1, 0.15) is 0 Å². The maximum atomic E-state index is 12.9. The first kappa shape index (κ1) is 17.1. The molecule has 0 aliphatic rings. The van der Waals surface area contributed by atoms with Crippen LogP contribution in [0.15, 0.2) is 36.7 Å². The molecule has 0 aliphatic carbocycles. The Morgan fingerprint density at radius 1 is 1.32 bits per heavy atom. The molecule has 0 saturated heterocycles. The van der Waals surface area contributed by atoms with E-state index < -0.39 is 0 Å². The fraction of sp³-hybridized carbons (Fsp3) is 0.350. The molecule has 0 fully saturated rings. The number of fused-ring (bicyclic) bond motifs is 1. The number of pyridine rings is 1. The number of carbonyl (C=O) groups excluding carboxylic acids is 1. The third kappa shape index (κ3) is 3.14. The van der Waals surface area contributed by atoms with E-state index in [1.54, 1.807) is 4.90 Å². The molecular formula is C20H24N4O. The summed E-state index contributed by atoms with van der Waals surface area (Å²) in [6.07, 6.45) is 3.79. The number of hydrogen-bond donors (Lipinski definition) is 0. The van der Waals surface area contributed by atoms with Gasteiger partial charge in [-0.15, -0.1) is 0 Å². The summed E-state index contributed by atoms with van der Waals surface area (Å²) in [5, 5.41) is 5.30. The quantitative estimate of drug-likeness (QED) is 0.721. The highest BCUT2D eigenvalue weighted by atomic mass is 16.2. The molecule has 5 heteroatoms. The van der Waals surface area contributed by atoms with E-state index in [9.17, 15) is 4.79 Å². The zero-order chi connectivity index (χ0) is 18.1. The first-order valence-electron chi connectivity index (χ1n) is 8.62. The second kappa shape index (κ2) is 6.67. The lowest BCUT2D eigenvalue weighted by atomic mass is 10.0. The Morgan fingerprint density at radius 2 is 2.08 bits per heavy atom. The molecule has 0 radical (unpaired) electrons. The average molecular weight is 336 g/mol. The van der Waals surface area contributed by atoms with Gasteiger partial charge < -0.3 is 4.90 Å². The van der Waals surface area contributed by atoms with Crippen LogP contribution < -0.4 is 0 Å². The van der Waals surface area contributed by atoms with Gasteiger partial charge in [0.25, 0.3) is 5.91 Å². The van der Waals surface area contributed by atoms with Crippen LogP contribution in [0.25, 0.3) is 22.2 Å². The molecule has 1 amide bonds. The molecule has 1 aromatic carbocycles. The van der Waals surface area contributed by atoms with E-state index >= 15 is 0 Å². The van der Waals surface area contributed by atoms with Crippen LogP contribution in [0.5, 0.6) is 0 Å². The van der Waals surface area contributed by atoms with Crippen LogP contribution in [0.4, 0.5) is 0 Å². The van der Waals surface area contributed by atoms with Crippen LogP contribution in [0.1, 0.15) is 42.7 Å². The Bertz CT molecular complexity index is 927. The lowest BCUT2D eigenvalue weighted by Gasteiger charge is -2.17. The molecule has 130 valence electrons. The SMILES string of the molecule is CCN(C)C(=O)c1cc(-c2cnn(C(C)C)c2)nc2c(C)cccc12. The molecule has 0 saturated carbocycles. The van der Waals surface area contributed by atoms with Gasteiger partial charge in [0.2, 0.25) is 0 Å². The second-order valence-corrected chi connectivity index (χ2v) is 6.65. The molecule has 3 aromatic rings. The van der Waals surface area contributed by atoms with Crippen molar-refractivity contribution < 1.29 is 4.79 Å². The molecule has 0 spiro atoms. The minimum atomic E-state index is 0.0120. The highest BCUT2D eigenvalue weighted by molar-refractivity contribution is 6.07. The van der Waals surface area contributed by atoms with E-state index in [1.165, 1.54) is 0 Å². The van der Waals surface area contributed by atoms with Crippen molar-refractivity contribution in [3.05, 3.63) is 47.8 Å². The van der Waals surface area contributed by atoms with Crippen LogP contribution in [0, 0.1) is 6.92 Å². The monoisotopic (exact) mass is 336 g/mol. The lowest BCUT2D eigenvalue weighted by Crippen LogP contribution is -2.26. The zero-order valence-corrected chi connectivity index (χ0v) is 15.4. The van der Waals surface area contributed by atoms with Gasteiger partial charge in [0.05, 0.1) is 23.0 Å². The molecular weight excluding hydrogens is 312 g/mol. The Morgan fingerprint density at radius 3 is 2.72 bits per heavy atom. The fourth-order valence-corrected chi connectivity index (χ4v) is 2.82. The molecule has 3 rings (SSSR count). The van der Waals surface area contributed by atoms with Crippen molar-refractivity contribution >= 4 is 16.8 Å². The number of nitrogens with zero attached hydrogens (tertiary/aromatic N) is 4. The van der Waals surface area contributed by atoms with Gasteiger partial charge in [0.15, 0.2) is 0 Å². The van der Waals surface area contributed by atoms with E-state index in [4.69, 9.17) is 4.98 Å². The third-order valence-electron chi connectivity index (χ3n) is 4.52. The predicted molar refractivity (Wildman–Crippen MR) is 101 cm³/mol. The van der Waals surface area contributed by atoms with Gasteiger partial charge >= 0.3 is 0 Å². The number of benzene rings is 1. The molecule has 25 heavy (non-hydrogen) atoms. The molecule has 5 nitrogen and oxygen atoms in total. The first-order valence-corrected chi connectivity index (χ1v) is 8.62. The Balaban J connectivity index is 2.23. The lowest BCUT2D eigenvalue weighted by molar-refractivity contribution is 0.0804. The number of carbonyl (C=O) groups is 1. The fourth-order valence-electron chi connectivity index (χ4n) is 2.82. The third-order valence-corrected chi connectivity index (χ3v) is 4.52. The van der Waals surface area contributed by atoms with Crippen LogP contribution in [0.3, 0.4) is 0 Å². The molecule has 0 bridgehead atoms. The molecule has 0 unspecified atom stereocenters. The zero-order valence-electron chi connectivity index (χ0n) is 15.4. The van der Waals surface area contributed by atoms with E-state index in [0.717, 1.165) is 27.7 Å². The number of hydrogen-bond acceptors (Lipinski definition) is 3. The summed E-state index contributed by atoms with van der Waals surface area (Å²) in [4.78, 5) is 19.4. The van der Waals surface area contributed by atoms with Crippen molar-refractivity contribution in [3.63, 3.8) is 0 Å². The normalized spacial score (nSPS) is 11.3. The van der Waals surface area contributed by atoms with Gasteiger partial charge in [-0.2, -0.15) is 5.10 Å². The summed E-state index contributed by atoms with van der Waals surface area (Å²) in [6.45, 7) is 8.82. The van der Waals surface area contributed by atoms with E-state index in [-0.39, 0.29) is 11.9 Å². The van der Waals surface area contributed by atoms with Gasteiger partial charge in [-0.1, -0.05) is 18.2 Å². The van der Waals surface area contributed by atoms with Gasteiger partial charge in [0, 0.05) is 36.8 Å².